The molecule has 0 aliphatic heterocycles. The van der Waals surface area contributed by atoms with Gasteiger partial charge in [0.15, 0.2) is 4.90 Å². The molecular weight excluding hydrogens is 430 g/mol. The first-order valence-corrected chi connectivity index (χ1v) is 8.45. The third-order valence-corrected chi connectivity index (χ3v) is 4.76. The van der Waals surface area contributed by atoms with Crippen LogP contribution in [0.25, 0.3) is 0 Å². The van der Waals surface area contributed by atoms with Crippen LogP contribution in [0.4, 0.5) is 11.4 Å². The molecule has 7 nitrogen and oxygen atoms in total. The summed E-state index contributed by atoms with van der Waals surface area (Å²) in [4.78, 5) is 13.7. The van der Waals surface area contributed by atoms with Gasteiger partial charge in [-0.1, -0.05) is 15.9 Å². The molecule has 0 spiro atoms. The zero-order valence-corrected chi connectivity index (χ0v) is 14.1. The van der Waals surface area contributed by atoms with Gasteiger partial charge < -0.3 is 0 Å². The number of nitrogens with one attached hydrogen (secondary N) is 1. The maximum Gasteiger partial charge on any atom is 0.289 e. The summed E-state index contributed by atoms with van der Waals surface area (Å²) >= 11 is 6.23. The molecule has 0 saturated heterocycles. The molecule has 0 radical (unpaired) electrons. The maximum absolute atomic E-state index is 12.3. The summed E-state index contributed by atoms with van der Waals surface area (Å²) in [7, 11) is -4.10. The number of hydrogen-bond acceptors (Lipinski definition) is 5. The number of rotatable bonds is 4. The number of hydrogen-bond donors (Lipinski definition) is 1. The van der Waals surface area contributed by atoms with Gasteiger partial charge in [0, 0.05) is 10.5 Å². The van der Waals surface area contributed by atoms with E-state index in [-0.39, 0.29) is 5.69 Å². The number of sulfonamides is 1. The summed E-state index contributed by atoms with van der Waals surface area (Å²) in [5.74, 6) is 0. The second-order valence-electron chi connectivity index (χ2n) is 3.84. The summed E-state index contributed by atoms with van der Waals surface area (Å²) in [5.41, 5.74) is -0.303. The molecule has 1 aromatic heterocycles. The molecule has 0 bridgehead atoms. The molecule has 110 valence electrons. The summed E-state index contributed by atoms with van der Waals surface area (Å²) in [6, 6.07) is 6.73. The van der Waals surface area contributed by atoms with E-state index in [1.165, 1.54) is 24.4 Å². The van der Waals surface area contributed by atoms with Crippen LogP contribution in [-0.4, -0.2) is 18.3 Å². The van der Waals surface area contributed by atoms with Crippen molar-refractivity contribution in [2.75, 3.05) is 4.72 Å². The third-order valence-electron chi connectivity index (χ3n) is 2.39. The van der Waals surface area contributed by atoms with Gasteiger partial charge in [-0.05, 0) is 40.2 Å². The molecular formula is C11H7Br2N3O4S. The van der Waals surface area contributed by atoms with E-state index in [1.807, 2.05) is 0 Å². The quantitative estimate of drug-likeness (QED) is 0.450. The molecule has 0 saturated carbocycles. The van der Waals surface area contributed by atoms with Crippen LogP contribution in [0.1, 0.15) is 0 Å². The molecule has 0 atom stereocenters. The van der Waals surface area contributed by atoms with E-state index in [9.17, 15) is 18.5 Å². The van der Waals surface area contributed by atoms with Gasteiger partial charge in [-0.3, -0.25) is 14.8 Å². The summed E-state index contributed by atoms with van der Waals surface area (Å²) < 4.78 is 27.8. The first-order chi connectivity index (χ1) is 9.79. The zero-order valence-electron chi connectivity index (χ0n) is 10.2. The Morgan fingerprint density at radius 2 is 1.90 bits per heavy atom. The van der Waals surface area contributed by atoms with Crippen LogP contribution in [0.15, 0.2) is 50.5 Å². The fraction of sp³-hybridized carbons (Fsp3) is 0. The molecule has 1 aromatic carbocycles. The van der Waals surface area contributed by atoms with Gasteiger partial charge in [0.05, 0.1) is 16.8 Å². The Bertz CT molecular complexity index is 794. The Morgan fingerprint density at radius 3 is 2.48 bits per heavy atom. The predicted octanol–water partition coefficient (Wildman–Crippen LogP) is 3.32. The van der Waals surface area contributed by atoms with Crippen molar-refractivity contribution in [2.45, 2.75) is 4.90 Å². The van der Waals surface area contributed by atoms with E-state index < -0.39 is 25.5 Å². The fourth-order valence-electron chi connectivity index (χ4n) is 1.50. The highest BCUT2D eigenvalue weighted by Gasteiger charge is 2.26. The molecule has 2 rings (SSSR count). The molecule has 0 aliphatic rings. The average molecular weight is 437 g/mol. The highest BCUT2D eigenvalue weighted by atomic mass is 79.9. The van der Waals surface area contributed by atoms with E-state index >= 15 is 0 Å². The second-order valence-corrected chi connectivity index (χ2v) is 7.22. The van der Waals surface area contributed by atoms with Crippen molar-refractivity contribution in [3.63, 3.8) is 0 Å². The molecule has 1 heterocycles. The number of halogens is 2. The van der Waals surface area contributed by atoms with Crippen molar-refractivity contribution < 1.29 is 13.3 Å². The van der Waals surface area contributed by atoms with Gasteiger partial charge in [-0.15, -0.1) is 0 Å². The predicted molar refractivity (Wildman–Crippen MR) is 83.5 cm³/mol. The molecule has 10 heteroatoms. The number of benzene rings is 1. The minimum atomic E-state index is -4.10. The minimum Gasteiger partial charge on any atom is -0.278 e. The molecule has 21 heavy (non-hydrogen) atoms. The zero-order chi connectivity index (χ0) is 15.6. The molecule has 0 amide bonds. The molecule has 1 N–H and O–H groups in total. The highest BCUT2D eigenvalue weighted by molar-refractivity contribution is 9.10. The summed E-state index contributed by atoms with van der Waals surface area (Å²) in [6.45, 7) is 0. The van der Waals surface area contributed by atoms with Crippen LogP contribution in [0, 0.1) is 10.1 Å². The summed E-state index contributed by atoms with van der Waals surface area (Å²) in [5, 5.41) is 11.0. The van der Waals surface area contributed by atoms with Gasteiger partial charge in [0.2, 0.25) is 0 Å². The molecule has 2 aromatic rings. The largest absolute Gasteiger partial charge is 0.289 e. The lowest BCUT2D eigenvalue weighted by Gasteiger charge is -2.08. The van der Waals surface area contributed by atoms with Crippen molar-refractivity contribution in [1.29, 1.82) is 0 Å². The van der Waals surface area contributed by atoms with Crippen LogP contribution in [-0.2, 0) is 10.0 Å². The fourth-order valence-corrected chi connectivity index (χ4v) is 3.49. The van der Waals surface area contributed by atoms with E-state index in [2.05, 4.69) is 41.6 Å². The second kappa shape index (κ2) is 6.08. The first kappa shape index (κ1) is 15.9. The average Bonchev–Trinajstić information content (AvgIpc) is 2.41. The number of nitro benzene ring substituents is 1. The van der Waals surface area contributed by atoms with Crippen molar-refractivity contribution >= 4 is 53.3 Å². The van der Waals surface area contributed by atoms with Gasteiger partial charge in [0.25, 0.3) is 15.7 Å². The number of pyridine rings is 1. The SMILES string of the molecule is O=[N+]([O-])c1ccc(Br)cc1S(=O)(=O)Nc1ccc(Br)nc1. The third kappa shape index (κ3) is 3.77. The van der Waals surface area contributed by atoms with E-state index in [0.29, 0.717) is 9.08 Å². The van der Waals surface area contributed by atoms with Gasteiger partial charge in [-0.2, -0.15) is 0 Å². The van der Waals surface area contributed by atoms with Crippen molar-refractivity contribution in [2.24, 2.45) is 0 Å². The van der Waals surface area contributed by atoms with Gasteiger partial charge in [-0.25, -0.2) is 13.4 Å². The first-order valence-electron chi connectivity index (χ1n) is 5.38. The van der Waals surface area contributed by atoms with Gasteiger partial charge in [0.1, 0.15) is 4.60 Å². The van der Waals surface area contributed by atoms with Crippen LogP contribution in [0.3, 0.4) is 0 Å². The van der Waals surface area contributed by atoms with Crippen molar-refractivity contribution in [1.82, 2.24) is 4.98 Å². The lowest BCUT2D eigenvalue weighted by atomic mass is 10.3. The van der Waals surface area contributed by atoms with Crippen LogP contribution >= 0.6 is 31.9 Å². The standard InChI is InChI=1S/C11H7Br2N3O4S/c12-7-1-3-9(16(17)18)10(5-7)21(19,20)15-8-2-4-11(13)14-6-8/h1-6,15H. The highest BCUT2D eigenvalue weighted by Crippen LogP contribution is 2.28. The van der Waals surface area contributed by atoms with Gasteiger partial charge >= 0.3 is 0 Å². The number of aromatic nitrogens is 1. The number of nitro groups is 1. The van der Waals surface area contributed by atoms with Crippen molar-refractivity contribution in [3.05, 3.63) is 55.7 Å². The molecule has 0 aliphatic carbocycles. The lowest BCUT2D eigenvalue weighted by molar-refractivity contribution is -0.387. The van der Waals surface area contributed by atoms with E-state index in [4.69, 9.17) is 0 Å². The lowest BCUT2D eigenvalue weighted by Crippen LogP contribution is -2.15. The minimum absolute atomic E-state index is 0.201. The van der Waals surface area contributed by atoms with Crippen LogP contribution < -0.4 is 4.72 Å². The smallest absolute Gasteiger partial charge is 0.278 e. The Kier molecular flexibility index (Phi) is 4.59. The van der Waals surface area contributed by atoms with E-state index in [1.54, 1.807) is 6.07 Å². The van der Waals surface area contributed by atoms with Crippen molar-refractivity contribution in [3.8, 4) is 0 Å². The normalized spacial score (nSPS) is 11.1. The Hall–Kier alpha value is -1.52. The molecule has 0 fully saturated rings. The monoisotopic (exact) mass is 435 g/mol. The Labute approximate surface area is 136 Å². The summed E-state index contributed by atoms with van der Waals surface area (Å²) in [6.07, 6.45) is 1.30. The Morgan fingerprint density at radius 1 is 1.19 bits per heavy atom. The topological polar surface area (TPSA) is 102 Å². The number of anilines is 1. The number of nitrogens with zero attached hydrogens (tertiary/aromatic N) is 2. The maximum atomic E-state index is 12.3. The molecule has 0 unspecified atom stereocenters. The van der Waals surface area contributed by atoms with E-state index in [0.717, 1.165) is 6.07 Å². The van der Waals surface area contributed by atoms with Crippen LogP contribution in [0.5, 0.6) is 0 Å². The van der Waals surface area contributed by atoms with Crippen LogP contribution in [0.2, 0.25) is 0 Å². The Balaban J connectivity index is 2.46.